The Balaban J connectivity index is 2.01. The molecule has 0 spiro atoms. The lowest BCUT2D eigenvalue weighted by Gasteiger charge is -2.39. The zero-order valence-corrected chi connectivity index (χ0v) is 11.9. The van der Waals surface area contributed by atoms with Gasteiger partial charge in [-0.2, -0.15) is 0 Å². The summed E-state index contributed by atoms with van der Waals surface area (Å²) < 4.78 is 18.9. The fourth-order valence-corrected chi connectivity index (χ4v) is 2.81. The number of halogens is 1. The molecular formula is C16H24FNO2. The summed E-state index contributed by atoms with van der Waals surface area (Å²) in [4.78, 5) is 0. The fraction of sp³-hybridized carbons (Fsp3) is 0.625. The van der Waals surface area contributed by atoms with E-state index >= 15 is 0 Å². The van der Waals surface area contributed by atoms with Gasteiger partial charge in [0.05, 0.1) is 0 Å². The molecule has 1 aliphatic rings. The van der Waals surface area contributed by atoms with Crippen LogP contribution in [0, 0.1) is 5.82 Å². The van der Waals surface area contributed by atoms with Crippen LogP contribution < -0.4 is 5.32 Å². The fourth-order valence-electron chi connectivity index (χ4n) is 2.81. The van der Waals surface area contributed by atoms with Gasteiger partial charge < -0.3 is 15.2 Å². The van der Waals surface area contributed by atoms with E-state index in [1.54, 1.807) is 12.1 Å². The van der Waals surface area contributed by atoms with Crippen LogP contribution in [0.1, 0.15) is 37.7 Å². The van der Waals surface area contributed by atoms with Gasteiger partial charge in [0.15, 0.2) is 0 Å². The average molecular weight is 281 g/mol. The first-order valence-electron chi connectivity index (χ1n) is 7.46. The van der Waals surface area contributed by atoms with Crippen LogP contribution in [0.3, 0.4) is 0 Å². The van der Waals surface area contributed by atoms with Crippen molar-refractivity contribution in [3.63, 3.8) is 0 Å². The first kappa shape index (κ1) is 15.4. The van der Waals surface area contributed by atoms with E-state index in [0.717, 1.165) is 44.2 Å². The number of rotatable bonds is 7. The molecule has 1 saturated heterocycles. The molecule has 0 aromatic heterocycles. The number of nitrogens with one attached hydrogen (secondary N) is 1. The van der Waals surface area contributed by atoms with Crippen LogP contribution in [0.5, 0.6) is 0 Å². The van der Waals surface area contributed by atoms with Gasteiger partial charge in [-0.15, -0.1) is 0 Å². The Bertz CT molecular complexity index is 405. The van der Waals surface area contributed by atoms with Crippen molar-refractivity contribution in [3.8, 4) is 0 Å². The van der Waals surface area contributed by atoms with Gasteiger partial charge in [-0.05, 0) is 56.3 Å². The van der Waals surface area contributed by atoms with Crippen molar-refractivity contribution in [3.05, 3.63) is 35.6 Å². The lowest BCUT2D eigenvalue weighted by molar-refractivity contribution is 0.0364. The van der Waals surface area contributed by atoms with E-state index in [4.69, 9.17) is 9.84 Å². The van der Waals surface area contributed by atoms with Crippen molar-refractivity contribution in [1.29, 1.82) is 0 Å². The highest BCUT2D eigenvalue weighted by atomic mass is 19.1. The smallest absolute Gasteiger partial charge is 0.123 e. The third kappa shape index (κ3) is 4.01. The van der Waals surface area contributed by atoms with Crippen molar-refractivity contribution in [2.75, 3.05) is 26.4 Å². The maximum atomic E-state index is 13.5. The van der Waals surface area contributed by atoms with Crippen LogP contribution in [0.4, 0.5) is 4.39 Å². The topological polar surface area (TPSA) is 41.5 Å². The lowest BCUT2D eigenvalue weighted by atomic mass is 9.82. The van der Waals surface area contributed by atoms with E-state index in [1.807, 2.05) is 6.07 Å². The van der Waals surface area contributed by atoms with Crippen LogP contribution in [0.2, 0.25) is 0 Å². The van der Waals surface area contributed by atoms with Gasteiger partial charge >= 0.3 is 0 Å². The Kier molecular flexibility index (Phi) is 5.95. The van der Waals surface area contributed by atoms with Crippen LogP contribution in [0.25, 0.3) is 0 Å². The molecule has 2 N–H and O–H groups in total. The molecule has 3 nitrogen and oxygen atoms in total. The zero-order chi connectivity index (χ0) is 14.3. The van der Waals surface area contributed by atoms with Crippen molar-refractivity contribution < 1.29 is 14.2 Å². The predicted octanol–water partition coefficient (Wildman–Crippen LogP) is 2.58. The second kappa shape index (κ2) is 7.72. The van der Waals surface area contributed by atoms with Crippen LogP contribution >= 0.6 is 0 Å². The van der Waals surface area contributed by atoms with Gasteiger partial charge in [-0.1, -0.05) is 12.1 Å². The summed E-state index contributed by atoms with van der Waals surface area (Å²) in [6, 6.07) is 6.88. The van der Waals surface area contributed by atoms with Gasteiger partial charge in [0.25, 0.3) is 0 Å². The monoisotopic (exact) mass is 281 g/mol. The largest absolute Gasteiger partial charge is 0.396 e. The quantitative estimate of drug-likeness (QED) is 0.755. The molecule has 0 bridgehead atoms. The zero-order valence-electron chi connectivity index (χ0n) is 11.9. The van der Waals surface area contributed by atoms with Crippen LogP contribution in [0.15, 0.2) is 24.3 Å². The van der Waals surface area contributed by atoms with E-state index in [1.165, 1.54) is 6.07 Å². The average Bonchev–Trinajstić information content (AvgIpc) is 2.48. The molecule has 0 saturated carbocycles. The molecule has 0 atom stereocenters. The van der Waals surface area contributed by atoms with E-state index in [-0.39, 0.29) is 18.0 Å². The van der Waals surface area contributed by atoms with Crippen molar-refractivity contribution in [1.82, 2.24) is 5.32 Å². The molecule has 4 heteroatoms. The van der Waals surface area contributed by atoms with Crippen LogP contribution in [-0.2, 0) is 10.3 Å². The molecule has 1 aliphatic heterocycles. The molecule has 1 aromatic rings. The second-order valence-electron chi connectivity index (χ2n) is 5.42. The Morgan fingerprint density at radius 1 is 1.20 bits per heavy atom. The normalized spacial score (nSPS) is 18.1. The van der Waals surface area contributed by atoms with Gasteiger partial charge in [0.2, 0.25) is 0 Å². The molecule has 20 heavy (non-hydrogen) atoms. The molecule has 0 amide bonds. The van der Waals surface area contributed by atoms with Gasteiger partial charge in [0, 0.05) is 25.4 Å². The molecule has 1 aromatic carbocycles. The minimum atomic E-state index is -0.185. The molecule has 112 valence electrons. The summed E-state index contributed by atoms with van der Waals surface area (Å²) in [5.41, 5.74) is 0.850. The number of hydrogen-bond donors (Lipinski definition) is 2. The standard InChI is InChI=1S/C16H24FNO2/c17-15-6-4-5-14(13-15)16(7-11-20-12-8-16)18-9-2-1-3-10-19/h4-6,13,18-19H,1-3,7-12H2. The molecule has 1 fully saturated rings. The Morgan fingerprint density at radius 3 is 2.70 bits per heavy atom. The highest BCUT2D eigenvalue weighted by Gasteiger charge is 2.33. The predicted molar refractivity (Wildman–Crippen MR) is 77.1 cm³/mol. The number of unbranched alkanes of at least 4 members (excludes halogenated alkanes) is 2. The Hall–Kier alpha value is -0.970. The number of benzene rings is 1. The third-order valence-electron chi connectivity index (χ3n) is 4.02. The lowest BCUT2D eigenvalue weighted by Crippen LogP contribution is -2.47. The minimum absolute atomic E-state index is 0.167. The molecule has 2 rings (SSSR count). The first-order valence-corrected chi connectivity index (χ1v) is 7.46. The van der Waals surface area contributed by atoms with Crippen molar-refractivity contribution in [2.45, 2.75) is 37.6 Å². The Labute approximate surface area is 120 Å². The number of hydrogen-bond acceptors (Lipinski definition) is 3. The molecule has 0 aliphatic carbocycles. The number of aliphatic hydroxyl groups excluding tert-OH is 1. The summed E-state index contributed by atoms with van der Waals surface area (Å²) in [6.45, 7) is 2.56. The summed E-state index contributed by atoms with van der Waals surface area (Å²) in [5, 5.41) is 12.4. The third-order valence-corrected chi connectivity index (χ3v) is 4.02. The van der Waals surface area contributed by atoms with Gasteiger partial charge in [-0.3, -0.25) is 0 Å². The summed E-state index contributed by atoms with van der Waals surface area (Å²) in [7, 11) is 0. The maximum Gasteiger partial charge on any atom is 0.123 e. The number of aliphatic hydroxyl groups is 1. The van der Waals surface area contributed by atoms with E-state index in [9.17, 15) is 4.39 Å². The minimum Gasteiger partial charge on any atom is -0.396 e. The van der Waals surface area contributed by atoms with E-state index in [2.05, 4.69) is 5.32 Å². The summed E-state index contributed by atoms with van der Waals surface area (Å²) in [5.74, 6) is -0.185. The summed E-state index contributed by atoms with van der Waals surface area (Å²) in [6.07, 6.45) is 4.63. The highest BCUT2D eigenvalue weighted by Crippen LogP contribution is 2.32. The highest BCUT2D eigenvalue weighted by molar-refractivity contribution is 5.26. The molecular weight excluding hydrogens is 257 g/mol. The van der Waals surface area contributed by atoms with Crippen molar-refractivity contribution in [2.24, 2.45) is 0 Å². The second-order valence-corrected chi connectivity index (χ2v) is 5.42. The molecule has 0 unspecified atom stereocenters. The SMILES string of the molecule is OCCCCCNC1(c2cccc(F)c2)CCOCC1. The van der Waals surface area contributed by atoms with Gasteiger partial charge in [0.1, 0.15) is 5.82 Å². The van der Waals surface area contributed by atoms with E-state index < -0.39 is 0 Å². The summed E-state index contributed by atoms with van der Waals surface area (Å²) >= 11 is 0. The first-order chi connectivity index (χ1) is 9.77. The molecule has 1 heterocycles. The van der Waals surface area contributed by atoms with Crippen LogP contribution in [-0.4, -0.2) is 31.5 Å². The van der Waals surface area contributed by atoms with Gasteiger partial charge in [-0.25, -0.2) is 4.39 Å². The van der Waals surface area contributed by atoms with E-state index in [0.29, 0.717) is 13.2 Å². The molecule has 0 radical (unpaired) electrons. The Morgan fingerprint density at radius 2 is 2.00 bits per heavy atom. The number of ether oxygens (including phenoxy) is 1. The maximum absolute atomic E-state index is 13.5. The van der Waals surface area contributed by atoms with Crippen molar-refractivity contribution >= 4 is 0 Å².